The van der Waals surface area contributed by atoms with Crippen LogP contribution in [0.5, 0.6) is 11.6 Å². The average Bonchev–Trinajstić information content (AvgIpc) is 2.41. The Balaban J connectivity index is 2.28. The SMILES string of the molecule is CN(C)c1cccc(Oc2nccc(CO)c2F)c1. The molecule has 2 rings (SSSR count). The topological polar surface area (TPSA) is 45.6 Å². The van der Waals surface area contributed by atoms with Crippen molar-refractivity contribution in [3.8, 4) is 11.6 Å². The third-order valence-corrected chi connectivity index (χ3v) is 2.66. The first-order valence-corrected chi connectivity index (χ1v) is 5.81. The highest BCUT2D eigenvalue weighted by atomic mass is 19.1. The molecule has 1 N–H and O–H groups in total. The molecule has 0 bridgehead atoms. The van der Waals surface area contributed by atoms with E-state index in [4.69, 9.17) is 9.84 Å². The number of rotatable bonds is 4. The van der Waals surface area contributed by atoms with Gasteiger partial charge in [-0.3, -0.25) is 0 Å². The van der Waals surface area contributed by atoms with Gasteiger partial charge >= 0.3 is 0 Å². The lowest BCUT2D eigenvalue weighted by molar-refractivity contribution is 0.273. The van der Waals surface area contributed by atoms with Crippen molar-refractivity contribution in [3.63, 3.8) is 0 Å². The van der Waals surface area contributed by atoms with Crippen LogP contribution in [0.4, 0.5) is 10.1 Å². The number of aliphatic hydroxyl groups excluding tert-OH is 1. The molecule has 0 aliphatic carbocycles. The van der Waals surface area contributed by atoms with Gasteiger partial charge in [-0.15, -0.1) is 0 Å². The normalized spacial score (nSPS) is 10.3. The maximum absolute atomic E-state index is 13.9. The van der Waals surface area contributed by atoms with E-state index in [1.807, 2.05) is 31.1 Å². The van der Waals surface area contributed by atoms with Crippen molar-refractivity contribution in [2.24, 2.45) is 0 Å². The molecule has 0 saturated carbocycles. The third kappa shape index (κ3) is 3.00. The van der Waals surface area contributed by atoms with Gasteiger partial charge in [0.15, 0.2) is 5.82 Å². The molecule has 0 radical (unpaired) electrons. The zero-order valence-electron chi connectivity index (χ0n) is 10.8. The number of pyridine rings is 1. The summed E-state index contributed by atoms with van der Waals surface area (Å²) in [5.74, 6) is -0.282. The Morgan fingerprint density at radius 2 is 2.11 bits per heavy atom. The summed E-state index contributed by atoms with van der Waals surface area (Å²) in [5, 5.41) is 9.00. The van der Waals surface area contributed by atoms with Crippen molar-refractivity contribution in [3.05, 3.63) is 47.9 Å². The number of ether oxygens (including phenoxy) is 1. The zero-order chi connectivity index (χ0) is 13.8. The number of hydrogen-bond donors (Lipinski definition) is 1. The van der Waals surface area contributed by atoms with Gasteiger partial charge in [0.2, 0.25) is 0 Å². The number of hydrogen-bond acceptors (Lipinski definition) is 4. The molecule has 1 aromatic carbocycles. The average molecular weight is 262 g/mol. The van der Waals surface area contributed by atoms with E-state index in [9.17, 15) is 4.39 Å². The maximum atomic E-state index is 13.9. The van der Waals surface area contributed by atoms with Gasteiger partial charge in [0.1, 0.15) is 5.75 Å². The highest BCUT2D eigenvalue weighted by molar-refractivity contribution is 5.50. The predicted octanol–water partition coefficient (Wildman–Crippen LogP) is 2.57. The summed E-state index contributed by atoms with van der Waals surface area (Å²) in [5.41, 5.74) is 1.10. The summed E-state index contributed by atoms with van der Waals surface area (Å²) in [6, 6.07) is 8.66. The summed E-state index contributed by atoms with van der Waals surface area (Å²) >= 11 is 0. The fourth-order valence-electron chi connectivity index (χ4n) is 1.59. The Hall–Kier alpha value is -2.14. The Kier molecular flexibility index (Phi) is 3.97. The van der Waals surface area contributed by atoms with E-state index in [-0.39, 0.29) is 18.1 Å². The molecule has 1 heterocycles. The lowest BCUT2D eigenvalue weighted by atomic mass is 10.2. The van der Waals surface area contributed by atoms with Crippen LogP contribution in [-0.2, 0) is 6.61 Å². The minimum absolute atomic E-state index is 0.137. The molecule has 5 heteroatoms. The van der Waals surface area contributed by atoms with Crippen LogP contribution in [0.2, 0.25) is 0 Å². The third-order valence-electron chi connectivity index (χ3n) is 2.66. The fraction of sp³-hybridized carbons (Fsp3) is 0.214. The Morgan fingerprint density at radius 3 is 2.79 bits per heavy atom. The molecule has 0 aliphatic rings. The highest BCUT2D eigenvalue weighted by Gasteiger charge is 2.11. The molecule has 0 unspecified atom stereocenters. The van der Waals surface area contributed by atoms with E-state index < -0.39 is 5.82 Å². The number of anilines is 1. The Bertz CT molecular complexity index is 573. The molecule has 0 atom stereocenters. The van der Waals surface area contributed by atoms with E-state index in [1.165, 1.54) is 12.3 Å². The van der Waals surface area contributed by atoms with Crippen LogP contribution < -0.4 is 9.64 Å². The van der Waals surface area contributed by atoms with Crippen molar-refractivity contribution in [2.45, 2.75) is 6.61 Å². The molecule has 0 amide bonds. The van der Waals surface area contributed by atoms with Gasteiger partial charge in [-0.05, 0) is 18.2 Å². The summed E-state index contributed by atoms with van der Waals surface area (Å²) in [6.07, 6.45) is 1.40. The zero-order valence-corrected chi connectivity index (χ0v) is 10.8. The van der Waals surface area contributed by atoms with Gasteiger partial charge in [-0.2, -0.15) is 0 Å². The standard InChI is InChI=1S/C14H15FN2O2/c1-17(2)11-4-3-5-12(8-11)19-14-13(15)10(9-18)6-7-16-14/h3-8,18H,9H2,1-2H3. The minimum atomic E-state index is -0.639. The van der Waals surface area contributed by atoms with E-state index in [2.05, 4.69) is 4.98 Å². The lowest BCUT2D eigenvalue weighted by Crippen LogP contribution is -2.08. The van der Waals surface area contributed by atoms with Crippen LogP contribution in [0, 0.1) is 5.82 Å². The molecule has 0 saturated heterocycles. The molecule has 19 heavy (non-hydrogen) atoms. The molecular weight excluding hydrogens is 247 g/mol. The molecule has 4 nitrogen and oxygen atoms in total. The minimum Gasteiger partial charge on any atom is -0.436 e. The summed E-state index contributed by atoms with van der Waals surface area (Å²) in [7, 11) is 3.81. The summed E-state index contributed by atoms with van der Waals surface area (Å²) in [6.45, 7) is -0.386. The van der Waals surface area contributed by atoms with Crippen molar-refractivity contribution in [1.29, 1.82) is 0 Å². The van der Waals surface area contributed by atoms with Crippen LogP contribution >= 0.6 is 0 Å². The van der Waals surface area contributed by atoms with Gasteiger partial charge in [0, 0.05) is 37.6 Å². The monoisotopic (exact) mass is 262 g/mol. The van der Waals surface area contributed by atoms with Crippen LogP contribution in [0.1, 0.15) is 5.56 Å². The smallest absolute Gasteiger partial charge is 0.256 e. The van der Waals surface area contributed by atoms with Gasteiger partial charge in [0.05, 0.1) is 6.61 Å². The highest BCUT2D eigenvalue weighted by Crippen LogP contribution is 2.26. The Labute approximate surface area is 111 Å². The molecule has 0 fully saturated rings. The molecular formula is C14H15FN2O2. The number of aliphatic hydroxyl groups is 1. The van der Waals surface area contributed by atoms with E-state index in [1.54, 1.807) is 12.1 Å². The van der Waals surface area contributed by atoms with Crippen molar-refractivity contribution in [2.75, 3.05) is 19.0 Å². The first-order valence-electron chi connectivity index (χ1n) is 5.81. The van der Waals surface area contributed by atoms with Crippen LogP contribution in [-0.4, -0.2) is 24.2 Å². The maximum Gasteiger partial charge on any atom is 0.256 e. The van der Waals surface area contributed by atoms with Crippen molar-refractivity contribution < 1.29 is 14.2 Å². The summed E-state index contributed by atoms with van der Waals surface area (Å²) < 4.78 is 19.3. The van der Waals surface area contributed by atoms with Crippen LogP contribution in [0.25, 0.3) is 0 Å². The molecule has 2 aromatic rings. The quantitative estimate of drug-likeness (QED) is 0.919. The fourth-order valence-corrected chi connectivity index (χ4v) is 1.59. The molecule has 0 spiro atoms. The largest absolute Gasteiger partial charge is 0.436 e. The number of nitrogens with zero attached hydrogens (tertiary/aromatic N) is 2. The Morgan fingerprint density at radius 1 is 1.32 bits per heavy atom. The van der Waals surface area contributed by atoms with Crippen molar-refractivity contribution >= 4 is 5.69 Å². The van der Waals surface area contributed by atoms with E-state index in [0.717, 1.165) is 5.69 Å². The predicted molar refractivity (Wildman–Crippen MR) is 71.0 cm³/mol. The van der Waals surface area contributed by atoms with Gasteiger partial charge in [-0.25, -0.2) is 9.37 Å². The second-order valence-electron chi connectivity index (χ2n) is 4.24. The number of benzene rings is 1. The van der Waals surface area contributed by atoms with E-state index >= 15 is 0 Å². The first-order chi connectivity index (χ1) is 9.11. The summed E-state index contributed by atoms with van der Waals surface area (Å²) in [4.78, 5) is 5.75. The molecule has 100 valence electrons. The first kappa shape index (κ1) is 13.3. The second kappa shape index (κ2) is 5.67. The lowest BCUT2D eigenvalue weighted by Gasteiger charge is -2.14. The van der Waals surface area contributed by atoms with Gasteiger partial charge in [-0.1, -0.05) is 6.07 Å². The molecule has 0 aliphatic heterocycles. The van der Waals surface area contributed by atoms with Gasteiger partial charge in [0.25, 0.3) is 5.88 Å². The van der Waals surface area contributed by atoms with Crippen LogP contribution in [0.15, 0.2) is 36.5 Å². The number of aromatic nitrogens is 1. The van der Waals surface area contributed by atoms with E-state index in [0.29, 0.717) is 5.75 Å². The van der Waals surface area contributed by atoms with Gasteiger partial charge < -0.3 is 14.7 Å². The van der Waals surface area contributed by atoms with Crippen LogP contribution in [0.3, 0.4) is 0 Å². The second-order valence-corrected chi connectivity index (χ2v) is 4.24. The number of halogens is 1. The molecule has 1 aromatic heterocycles. The van der Waals surface area contributed by atoms with Crippen molar-refractivity contribution in [1.82, 2.24) is 4.98 Å².